The van der Waals surface area contributed by atoms with Crippen LogP contribution in [0.4, 0.5) is 9.18 Å². The van der Waals surface area contributed by atoms with Gasteiger partial charge in [-0.25, -0.2) is 9.18 Å². The maximum Gasteiger partial charge on any atom is 0.408 e. The van der Waals surface area contributed by atoms with Crippen LogP contribution in [0.3, 0.4) is 0 Å². The molecule has 316 valence electrons. The number of alkyl carbamates (subject to hydrolysis) is 1. The predicted octanol–water partition coefficient (Wildman–Crippen LogP) is 5.35. The molecule has 2 bridgehead atoms. The molecule has 5 heterocycles. The fourth-order valence-electron chi connectivity index (χ4n) is 8.15. The van der Waals surface area contributed by atoms with Crippen molar-refractivity contribution in [2.45, 2.75) is 50.8 Å². The largest absolute Gasteiger partial charge is 0.506 e. The van der Waals surface area contributed by atoms with Gasteiger partial charge in [0.05, 0.1) is 23.4 Å². The molecule has 0 aliphatic carbocycles. The molecule has 3 atom stereocenters. The molecule has 2 aromatic heterocycles. The van der Waals surface area contributed by atoms with Gasteiger partial charge in [0.25, 0.3) is 5.91 Å². The first-order valence-electron chi connectivity index (χ1n) is 20.4. The van der Waals surface area contributed by atoms with E-state index in [1.807, 2.05) is 54.6 Å². The molecular formula is C46H48FN7O7. The minimum atomic E-state index is -0.991. The summed E-state index contributed by atoms with van der Waals surface area (Å²) in [4.78, 5) is 43.0. The molecule has 15 heteroatoms. The highest BCUT2D eigenvalue weighted by atomic mass is 19.1. The average molecular weight is 830 g/mol. The molecule has 61 heavy (non-hydrogen) atoms. The summed E-state index contributed by atoms with van der Waals surface area (Å²) in [5, 5.41) is 34.8. The van der Waals surface area contributed by atoms with E-state index < -0.39 is 30.0 Å². The number of rotatable bonds is 15. The molecule has 0 spiro atoms. The van der Waals surface area contributed by atoms with Crippen LogP contribution in [0.15, 0.2) is 108 Å². The number of H-pyrrole nitrogens is 1. The van der Waals surface area contributed by atoms with Crippen LogP contribution in [0.1, 0.15) is 69.0 Å². The summed E-state index contributed by atoms with van der Waals surface area (Å²) >= 11 is 0. The number of hydrogen-bond acceptors (Lipinski definition) is 10. The number of phenols is 1. The summed E-state index contributed by atoms with van der Waals surface area (Å²) in [5.74, 6) is -0.0498. The van der Waals surface area contributed by atoms with E-state index in [4.69, 9.17) is 9.47 Å². The number of aromatic amines is 1. The van der Waals surface area contributed by atoms with Crippen molar-refractivity contribution >= 4 is 22.9 Å². The normalized spacial score (nSPS) is 18.0. The van der Waals surface area contributed by atoms with Crippen LogP contribution >= 0.6 is 0 Å². The van der Waals surface area contributed by atoms with Gasteiger partial charge in [-0.15, -0.1) is 0 Å². The first kappa shape index (κ1) is 41.2. The summed E-state index contributed by atoms with van der Waals surface area (Å²) in [6.07, 6.45) is 0.531. The predicted molar refractivity (Wildman–Crippen MR) is 225 cm³/mol. The highest BCUT2D eigenvalue weighted by Gasteiger charge is 2.37. The Balaban J connectivity index is 0.835. The van der Waals surface area contributed by atoms with Crippen LogP contribution in [-0.4, -0.2) is 74.2 Å². The smallest absolute Gasteiger partial charge is 0.408 e. The second-order valence-corrected chi connectivity index (χ2v) is 15.6. The third-order valence-corrected chi connectivity index (χ3v) is 11.5. The highest BCUT2D eigenvalue weighted by molar-refractivity contribution is 5.92. The Morgan fingerprint density at radius 1 is 0.951 bits per heavy atom. The molecule has 9 rings (SSSR count). The molecule has 0 radical (unpaired) electrons. The van der Waals surface area contributed by atoms with E-state index in [0.29, 0.717) is 39.4 Å². The zero-order chi connectivity index (χ0) is 42.5. The van der Waals surface area contributed by atoms with Crippen molar-refractivity contribution in [1.29, 1.82) is 0 Å². The fraction of sp³-hybridized carbons (Fsp3) is 0.304. The van der Waals surface area contributed by atoms with E-state index in [1.54, 1.807) is 36.0 Å². The topological polar surface area (TPSA) is 183 Å². The summed E-state index contributed by atoms with van der Waals surface area (Å²) in [7, 11) is 1.72. The lowest BCUT2D eigenvalue weighted by Crippen LogP contribution is -2.52. The Bertz CT molecular complexity index is 2570. The minimum Gasteiger partial charge on any atom is -0.506 e. The van der Waals surface area contributed by atoms with E-state index in [2.05, 4.69) is 30.9 Å². The molecule has 0 saturated carbocycles. The van der Waals surface area contributed by atoms with Gasteiger partial charge in [-0.3, -0.25) is 19.2 Å². The van der Waals surface area contributed by atoms with Crippen LogP contribution in [0.25, 0.3) is 10.9 Å². The lowest BCUT2D eigenvalue weighted by Gasteiger charge is -2.43. The maximum atomic E-state index is 15.1. The number of carbonyl (C=O) groups is 2. The third-order valence-electron chi connectivity index (χ3n) is 11.5. The number of aliphatic hydroxyl groups is 1. The molecule has 2 amide bonds. The van der Waals surface area contributed by atoms with E-state index in [1.165, 1.54) is 24.3 Å². The summed E-state index contributed by atoms with van der Waals surface area (Å²) in [6.45, 7) is 3.29. The number of benzene rings is 4. The van der Waals surface area contributed by atoms with Crippen LogP contribution in [0.2, 0.25) is 0 Å². The van der Waals surface area contributed by atoms with Crippen molar-refractivity contribution in [3.8, 4) is 11.5 Å². The molecule has 3 aliphatic heterocycles. The minimum absolute atomic E-state index is 0.0667. The molecule has 3 aliphatic rings. The van der Waals surface area contributed by atoms with Crippen molar-refractivity contribution in [2.75, 3.05) is 26.2 Å². The summed E-state index contributed by atoms with van der Waals surface area (Å²) < 4.78 is 28.8. The van der Waals surface area contributed by atoms with Gasteiger partial charge < -0.3 is 40.6 Å². The monoisotopic (exact) mass is 829 g/mol. The van der Waals surface area contributed by atoms with Gasteiger partial charge in [0.2, 0.25) is 5.56 Å². The van der Waals surface area contributed by atoms with Gasteiger partial charge in [0, 0.05) is 50.2 Å². The van der Waals surface area contributed by atoms with Crippen molar-refractivity contribution in [1.82, 2.24) is 35.6 Å². The zero-order valence-corrected chi connectivity index (χ0v) is 33.6. The van der Waals surface area contributed by atoms with Crippen molar-refractivity contribution < 1.29 is 33.7 Å². The van der Waals surface area contributed by atoms with Gasteiger partial charge in [0.15, 0.2) is 5.69 Å². The number of halogens is 1. The lowest BCUT2D eigenvalue weighted by molar-refractivity contribution is -0.0336. The Hall–Kier alpha value is -6.55. The number of pyridine rings is 1. The standard InChI is InChI=1S/C46H48FN7O7/c1-53-33(27-60-34-9-5-8-31(21-34)43(30-6-3-2-4-7-30)51-46(59)61-41-26-54-18-16-29(41)17-19-54)22-38(52-53)45(58)49-23-28-10-11-32(37(47)20-28)24-48-25-40(56)35-12-14-39(55)44-36(35)13-15-42(57)50-44/h2-15,20-22,29,40-41,43,48,55-56H,16-19,23-27H2,1H3,(H,49,58)(H,50,57)(H,51,59)/t40?,41?,43-/m0/s1. The zero-order valence-electron chi connectivity index (χ0n) is 33.6. The number of aryl methyl sites for hydroxylation is 1. The molecule has 3 saturated heterocycles. The third kappa shape index (κ3) is 9.75. The van der Waals surface area contributed by atoms with Gasteiger partial charge in [-0.2, -0.15) is 5.10 Å². The fourth-order valence-corrected chi connectivity index (χ4v) is 8.15. The van der Waals surface area contributed by atoms with E-state index in [0.717, 1.165) is 43.6 Å². The number of fused-ring (bicyclic) bond motifs is 4. The van der Waals surface area contributed by atoms with Crippen LogP contribution in [0, 0.1) is 11.7 Å². The number of piperidine rings is 3. The van der Waals surface area contributed by atoms with Gasteiger partial charge in [0.1, 0.15) is 30.0 Å². The molecule has 2 unspecified atom stereocenters. The Labute approximate surface area is 351 Å². The van der Waals surface area contributed by atoms with Gasteiger partial charge >= 0.3 is 6.09 Å². The number of nitrogens with one attached hydrogen (secondary N) is 4. The van der Waals surface area contributed by atoms with E-state index in [9.17, 15) is 24.6 Å². The van der Waals surface area contributed by atoms with E-state index in [-0.39, 0.29) is 54.9 Å². The van der Waals surface area contributed by atoms with Crippen molar-refractivity contribution in [3.05, 3.63) is 159 Å². The molecule has 6 N–H and O–H groups in total. The Morgan fingerprint density at radius 3 is 2.52 bits per heavy atom. The van der Waals surface area contributed by atoms with Crippen LogP contribution in [0.5, 0.6) is 11.5 Å². The average Bonchev–Trinajstić information content (AvgIpc) is 3.65. The number of hydrogen-bond donors (Lipinski definition) is 6. The molecular weight excluding hydrogens is 782 g/mol. The summed E-state index contributed by atoms with van der Waals surface area (Å²) in [5.41, 5.74) is 3.83. The number of aromatic nitrogens is 3. The first-order chi connectivity index (χ1) is 29.6. The number of ether oxygens (including phenoxy) is 2. The van der Waals surface area contributed by atoms with Crippen LogP contribution < -0.4 is 26.2 Å². The van der Waals surface area contributed by atoms with Crippen molar-refractivity contribution in [2.24, 2.45) is 13.0 Å². The molecule has 3 fully saturated rings. The number of phenolic OH excluding ortho intramolecular Hbond substituents is 1. The number of carbonyl (C=O) groups excluding carboxylic acids is 2. The van der Waals surface area contributed by atoms with E-state index >= 15 is 4.39 Å². The second kappa shape index (κ2) is 18.4. The summed E-state index contributed by atoms with van der Waals surface area (Å²) in [6, 6.07) is 28.9. The van der Waals surface area contributed by atoms with Gasteiger partial charge in [-0.1, -0.05) is 60.7 Å². The number of nitrogens with zero attached hydrogens (tertiary/aromatic N) is 3. The molecule has 6 aromatic rings. The van der Waals surface area contributed by atoms with Crippen molar-refractivity contribution in [3.63, 3.8) is 0 Å². The van der Waals surface area contributed by atoms with Gasteiger partial charge in [-0.05, 0) is 90.5 Å². The maximum absolute atomic E-state index is 15.1. The Morgan fingerprint density at radius 2 is 1.75 bits per heavy atom. The molecule has 14 nitrogen and oxygen atoms in total. The second-order valence-electron chi connectivity index (χ2n) is 15.6. The Kier molecular flexibility index (Phi) is 12.4. The SMILES string of the molecule is Cn1nc(C(=O)NCc2ccc(CNCC(O)c3ccc(O)c4[nH]c(=O)ccc34)c(F)c2)cc1COc1cccc([C@@H](NC(=O)OC2CN3CCC2CC3)c2ccccc2)c1. The number of aromatic hydroxyl groups is 1. The lowest BCUT2D eigenvalue weighted by atomic mass is 9.86. The molecule has 4 aromatic carbocycles. The number of aliphatic hydroxyl groups excluding tert-OH is 1. The number of amides is 2. The van der Waals surface area contributed by atoms with Crippen LogP contribution in [-0.2, 0) is 31.5 Å². The first-order valence-corrected chi connectivity index (χ1v) is 20.4. The highest BCUT2D eigenvalue weighted by Crippen LogP contribution is 2.31. The quantitative estimate of drug-likeness (QED) is 0.0790.